The van der Waals surface area contributed by atoms with E-state index in [1.165, 1.54) is 0 Å². The first kappa shape index (κ1) is 31.7. The molecule has 2 aromatic rings. The standard InChI is InChI=1S/C33H41N3O7/c1-22(2)29-21-42-32(40)28(35-33(41)43-20-23-10-4-3-5-11-23)15-9-8-13-25(31(39)34-29)17-30(38)36-18-26-14-7-6-12-24(26)16-27(36)19-37/h3-12,14,22,25,27-29,37H,13,15-21H2,1-2H3,(H,34,39)(H,35,41)/t25-,27+,28-,29-/m1/s1. The van der Waals surface area contributed by atoms with Crippen molar-refractivity contribution in [2.75, 3.05) is 13.2 Å². The lowest BCUT2D eigenvalue weighted by Crippen LogP contribution is -2.49. The molecule has 3 N–H and O–H groups in total. The topological polar surface area (TPSA) is 134 Å². The molecule has 43 heavy (non-hydrogen) atoms. The van der Waals surface area contributed by atoms with E-state index in [1.807, 2.05) is 68.4 Å². The Morgan fingerprint density at radius 1 is 1.05 bits per heavy atom. The minimum absolute atomic E-state index is 0.0348. The van der Waals surface area contributed by atoms with E-state index in [0.29, 0.717) is 13.0 Å². The fourth-order valence-electron chi connectivity index (χ4n) is 5.24. The Morgan fingerprint density at radius 2 is 1.74 bits per heavy atom. The van der Waals surface area contributed by atoms with Gasteiger partial charge < -0.3 is 30.1 Å². The van der Waals surface area contributed by atoms with Gasteiger partial charge in [-0.1, -0.05) is 80.6 Å². The lowest BCUT2D eigenvalue weighted by atomic mass is 9.92. The van der Waals surface area contributed by atoms with Gasteiger partial charge in [0.05, 0.1) is 24.6 Å². The van der Waals surface area contributed by atoms with Crippen molar-refractivity contribution < 1.29 is 33.8 Å². The number of allylic oxidation sites excluding steroid dienone is 1. The summed E-state index contributed by atoms with van der Waals surface area (Å²) in [6, 6.07) is 15.2. The van der Waals surface area contributed by atoms with Crippen LogP contribution in [0.5, 0.6) is 0 Å². The summed E-state index contributed by atoms with van der Waals surface area (Å²) in [5.41, 5.74) is 2.96. The minimum atomic E-state index is -0.985. The van der Waals surface area contributed by atoms with Crippen molar-refractivity contribution in [3.63, 3.8) is 0 Å². The molecule has 0 spiro atoms. The molecule has 3 amide bonds. The predicted molar refractivity (Wildman–Crippen MR) is 159 cm³/mol. The number of nitrogens with one attached hydrogen (secondary N) is 2. The fourth-order valence-corrected chi connectivity index (χ4v) is 5.24. The Labute approximate surface area is 252 Å². The first-order chi connectivity index (χ1) is 20.7. The van der Waals surface area contributed by atoms with Crippen molar-refractivity contribution >= 4 is 23.9 Å². The number of esters is 1. The average molecular weight is 592 g/mol. The molecule has 0 aromatic heterocycles. The van der Waals surface area contributed by atoms with Gasteiger partial charge in [0.1, 0.15) is 19.3 Å². The Hall–Kier alpha value is -4.18. The summed E-state index contributed by atoms with van der Waals surface area (Å²) in [7, 11) is 0. The number of fused-ring (bicyclic) bond motifs is 1. The van der Waals surface area contributed by atoms with Crippen molar-refractivity contribution in [2.24, 2.45) is 11.8 Å². The van der Waals surface area contributed by atoms with E-state index in [-0.39, 0.29) is 62.9 Å². The third-order valence-electron chi connectivity index (χ3n) is 7.96. The van der Waals surface area contributed by atoms with Crippen LogP contribution < -0.4 is 10.6 Å². The maximum Gasteiger partial charge on any atom is 0.408 e. The highest BCUT2D eigenvalue weighted by molar-refractivity contribution is 5.86. The lowest BCUT2D eigenvalue weighted by molar-refractivity contribution is -0.148. The summed E-state index contributed by atoms with van der Waals surface area (Å²) in [6.07, 6.45) is 3.61. The van der Waals surface area contributed by atoms with Crippen molar-refractivity contribution in [3.05, 3.63) is 83.4 Å². The second-order valence-electron chi connectivity index (χ2n) is 11.4. The minimum Gasteiger partial charge on any atom is -0.462 e. The zero-order chi connectivity index (χ0) is 30.8. The number of alkyl carbamates (subject to hydrolysis) is 1. The van der Waals surface area contributed by atoms with Crippen LogP contribution >= 0.6 is 0 Å². The molecule has 4 atom stereocenters. The number of ether oxygens (including phenoxy) is 2. The molecule has 2 aliphatic rings. The number of cyclic esters (lactones) is 1. The van der Waals surface area contributed by atoms with Gasteiger partial charge >= 0.3 is 12.1 Å². The van der Waals surface area contributed by atoms with Crippen molar-refractivity contribution in [1.82, 2.24) is 15.5 Å². The third-order valence-corrected chi connectivity index (χ3v) is 7.96. The quantitative estimate of drug-likeness (QED) is 0.332. The molecular formula is C33H41N3O7. The number of nitrogens with zero attached hydrogens (tertiary/aromatic N) is 1. The van der Waals surface area contributed by atoms with E-state index in [4.69, 9.17) is 9.47 Å². The van der Waals surface area contributed by atoms with Gasteiger partial charge in [0.15, 0.2) is 0 Å². The Kier molecular flexibility index (Phi) is 11.3. The summed E-state index contributed by atoms with van der Waals surface area (Å²) in [6.45, 7) is 3.99. The second-order valence-corrected chi connectivity index (χ2v) is 11.4. The highest BCUT2D eigenvalue weighted by Crippen LogP contribution is 2.25. The zero-order valence-corrected chi connectivity index (χ0v) is 24.7. The molecular weight excluding hydrogens is 550 g/mol. The van der Waals surface area contributed by atoms with E-state index in [1.54, 1.807) is 17.1 Å². The molecule has 10 heteroatoms. The van der Waals surface area contributed by atoms with Gasteiger partial charge in [-0.3, -0.25) is 9.59 Å². The maximum atomic E-state index is 13.5. The molecule has 2 aromatic carbocycles. The van der Waals surface area contributed by atoms with Crippen LogP contribution in [0.2, 0.25) is 0 Å². The highest BCUT2D eigenvalue weighted by Gasteiger charge is 2.33. The number of hydrogen-bond donors (Lipinski definition) is 3. The molecule has 2 heterocycles. The molecule has 0 aliphatic carbocycles. The molecule has 0 fully saturated rings. The first-order valence-corrected chi connectivity index (χ1v) is 14.8. The van der Waals surface area contributed by atoms with Crippen LogP contribution in [-0.4, -0.2) is 65.2 Å². The number of amides is 3. The molecule has 0 saturated heterocycles. The first-order valence-electron chi connectivity index (χ1n) is 14.8. The van der Waals surface area contributed by atoms with Gasteiger partial charge in [-0.25, -0.2) is 9.59 Å². The lowest BCUT2D eigenvalue weighted by Gasteiger charge is -2.37. The van der Waals surface area contributed by atoms with Crippen LogP contribution in [0.4, 0.5) is 4.79 Å². The summed E-state index contributed by atoms with van der Waals surface area (Å²) in [5, 5.41) is 15.6. The molecule has 0 unspecified atom stereocenters. The SMILES string of the molecule is CC(C)[C@H]1COC(=O)[C@H](NC(=O)OCc2ccccc2)CC=CC[C@H](CC(=O)N2Cc3ccccc3C[C@H]2CO)C(=O)N1. The van der Waals surface area contributed by atoms with Crippen molar-refractivity contribution in [3.8, 4) is 0 Å². The molecule has 0 saturated carbocycles. The predicted octanol–water partition coefficient (Wildman–Crippen LogP) is 3.27. The maximum absolute atomic E-state index is 13.5. The van der Waals surface area contributed by atoms with Gasteiger partial charge in [0, 0.05) is 13.0 Å². The number of aliphatic hydroxyl groups is 1. The summed E-state index contributed by atoms with van der Waals surface area (Å²) in [4.78, 5) is 54.0. The van der Waals surface area contributed by atoms with Gasteiger partial charge in [0.25, 0.3) is 0 Å². The summed E-state index contributed by atoms with van der Waals surface area (Å²) >= 11 is 0. The smallest absolute Gasteiger partial charge is 0.408 e. The van der Waals surface area contributed by atoms with Crippen LogP contribution in [0.25, 0.3) is 0 Å². The van der Waals surface area contributed by atoms with Crippen LogP contribution in [0, 0.1) is 11.8 Å². The molecule has 2 aliphatic heterocycles. The molecule has 0 radical (unpaired) electrons. The molecule has 230 valence electrons. The Morgan fingerprint density at radius 3 is 2.47 bits per heavy atom. The van der Waals surface area contributed by atoms with Crippen molar-refractivity contribution in [2.45, 2.75) is 70.8 Å². The third kappa shape index (κ3) is 8.90. The Bertz CT molecular complexity index is 1300. The van der Waals surface area contributed by atoms with Crippen LogP contribution in [0.3, 0.4) is 0 Å². The number of rotatable bonds is 7. The molecule has 10 nitrogen and oxygen atoms in total. The van der Waals surface area contributed by atoms with E-state index in [2.05, 4.69) is 10.6 Å². The van der Waals surface area contributed by atoms with Crippen LogP contribution in [0.1, 0.15) is 49.8 Å². The van der Waals surface area contributed by atoms with Crippen LogP contribution in [-0.2, 0) is 43.4 Å². The number of hydrogen-bond acceptors (Lipinski definition) is 7. The van der Waals surface area contributed by atoms with Crippen molar-refractivity contribution in [1.29, 1.82) is 0 Å². The number of aliphatic hydroxyl groups excluding tert-OH is 1. The average Bonchev–Trinajstić information content (AvgIpc) is 3.01. The summed E-state index contributed by atoms with van der Waals surface area (Å²) < 4.78 is 10.8. The van der Waals surface area contributed by atoms with Crippen LogP contribution in [0.15, 0.2) is 66.7 Å². The number of benzene rings is 2. The molecule has 0 bridgehead atoms. The van der Waals surface area contributed by atoms with Gasteiger partial charge in [0.2, 0.25) is 11.8 Å². The monoisotopic (exact) mass is 591 g/mol. The van der Waals surface area contributed by atoms with Gasteiger partial charge in [-0.05, 0) is 41.9 Å². The largest absolute Gasteiger partial charge is 0.462 e. The normalized spacial score (nSPS) is 22.8. The number of carbonyl (C=O) groups is 4. The highest BCUT2D eigenvalue weighted by atomic mass is 16.6. The van der Waals surface area contributed by atoms with Gasteiger partial charge in [-0.2, -0.15) is 0 Å². The zero-order valence-electron chi connectivity index (χ0n) is 24.7. The summed E-state index contributed by atoms with van der Waals surface area (Å²) in [5.74, 6) is -1.87. The molecule has 4 rings (SSSR count). The van der Waals surface area contributed by atoms with E-state index >= 15 is 0 Å². The van der Waals surface area contributed by atoms with Gasteiger partial charge in [-0.15, -0.1) is 0 Å². The van der Waals surface area contributed by atoms with E-state index in [9.17, 15) is 24.3 Å². The van der Waals surface area contributed by atoms with E-state index < -0.39 is 30.1 Å². The second kappa shape index (κ2) is 15.3. The number of carbonyl (C=O) groups excluding carboxylic acids is 4. The fraction of sp³-hybridized carbons (Fsp3) is 0.455. The Balaban J connectivity index is 1.44. The van der Waals surface area contributed by atoms with E-state index in [0.717, 1.165) is 16.7 Å².